The lowest BCUT2D eigenvalue weighted by molar-refractivity contribution is 0.284. The van der Waals surface area contributed by atoms with Crippen LogP contribution in [0.25, 0.3) is 0 Å². The van der Waals surface area contributed by atoms with Crippen LogP contribution < -0.4 is 14.8 Å². The second-order valence-electron chi connectivity index (χ2n) is 6.01. The summed E-state index contributed by atoms with van der Waals surface area (Å²) in [5, 5.41) is 6.68. The summed E-state index contributed by atoms with van der Waals surface area (Å²) in [6.07, 6.45) is 3.52. The van der Waals surface area contributed by atoms with Crippen LogP contribution in [0.5, 0.6) is 11.5 Å². The van der Waals surface area contributed by atoms with Crippen molar-refractivity contribution in [2.24, 2.45) is 0 Å². The van der Waals surface area contributed by atoms with E-state index in [9.17, 15) is 0 Å². The second-order valence-corrected chi connectivity index (χ2v) is 7.08. The number of ether oxygens (including phenoxy) is 2. The van der Waals surface area contributed by atoms with E-state index >= 15 is 0 Å². The highest BCUT2D eigenvalue weighted by molar-refractivity contribution is 7.09. The molecule has 0 amide bonds. The molecule has 6 heteroatoms. The molecule has 0 saturated carbocycles. The number of hydrogen-bond donors (Lipinski definition) is 1. The van der Waals surface area contributed by atoms with Gasteiger partial charge in [-0.3, -0.25) is 4.98 Å². The molecule has 136 valence electrons. The van der Waals surface area contributed by atoms with Crippen LogP contribution in [0, 0.1) is 6.92 Å². The second kappa shape index (κ2) is 8.78. The summed E-state index contributed by atoms with van der Waals surface area (Å²) in [5.41, 5.74) is 3.29. The van der Waals surface area contributed by atoms with E-state index < -0.39 is 0 Å². The predicted molar refractivity (Wildman–Crippen MR) is 104 cm³/mol. The van der Waals surface area contributed by atoms with E-state index in [4.69, 9.17) is 9.47 Å². The maximum Gasteiger partial charge on any atom is 0.161 e. The normalized spacial score (nSPS) is 12.0. The van der Waals surface area contributed by atoms with Gasteiger partial charge in [-0.05, 0) is 49.2 Å². The first-order valence-electron chi connectivity index (χ1n) is 8.49. The molecule has 0 aliphatic heterocycles. The fourth-order valence-electron chi connectivity index (χ4n) is 2.58. The van der Waals surface area contributed by atoms with Gasteiger partial charge >= 0.3 is 0 Å². The van der Waals surface area contributed by atoms with Crippen molar-refractivity contribution in [2.75, 3.05) is 7.11 Å². The molecule has 2 heterocycles. The van der Waals surface area contributed by atoms with Gasteiger partial charge in [-0.1, -0.05) is 6.07 Å². The summed E-state index contributed by atoms with van der Waals surface area (Å²) in [5.74, 6) is 1.46. The molecule has 0 aliphatic rings. The van der Waals surface area contributed by atoms with Crippen molar-refractivity contribution in [3.8, 4) is 11.5 Å². The fraction of sp³-hybridized carbons (Fsp3) is 0.300. The van der Waals surface area contributed by atoms with Gasteiger partial charge in [0, 0.05) is 30.4 Å². The first kappa shape index (κ1) is 18.4. The summed E-state index contributed by atoms with van der Waals surface area (Å²) >= 11 is 1.67. The van der Waals surface area contributed by atoms with Gasteiger partial charge in [0.25, 0.3) is 0 Å². The molecule has 0 radical (unpaired) electrons. The van der Waals surface area contributed by atoms with Crippen molar-refractivity contribution in [3.63, 3.8) is 0 Å². The molecule has 0 fully saturated rings. The molecule has 1 N–H and O–H groups in total. The quantitative estimate of drug-likeness (QED) is 0.642. The van der Waals surface area contributed by atoms with Crippen LogP contribution in [-0.4, -0.2) is 17.1 Å². The highest BCUT2D eigenvalue weighted by atomic mass is 32.1. The molecule has 1 unspecified atom stereocenters. The molecular formula is C20H23N3O2S. The maximum atomic E-state index is 5.90. The summed E-state index contributed by atoms with van der Waals surface area (Å²) < 4.78 is 11.4. The minimum atomic E-state index is 0.181. The van der Waals surface area contributed by atoms with Gasteiger partial charge in [-0.2, -0.15) is 0 Å². The Labute approximate surface area is 158 Å². The molecule has 0 aliphatic carbocycles. The zero-order valence-electron chi connectivity index (χ0n) is 15.2. The van der Waals surface area contributed by atoms with Crippen LogP contribution in [0.3, 0.4) is 0 Å². The summed E-state index contributed by atoms with van der Waals surface area (Å²) in [4.78, 5) is 8.50. The minimum Gasteiger partial charge on any atom is -0.493 e. The van der Waals surface area contributed by atoms with Crippen LogP contribution in [0.2, 0.25) is 0 Å². The highest BCUT2D eigenvalue weighted by Gasteiger charge is 2.11. The lowest BCUT2D eigenvalue weighted by Crippen LogP contribution is -2.18. The van der Waals surface area contributed by atoms with Crippen molar-refractivity contribution < 1.29 is 9.47 Å². The van der Waals surface area contributed by atoms with E-state index in [0.717, 1.165) is 39.9 Å². The topological polar surface area (TPSA) is 56.3 Å². The van der Waals surface area contributed by atoms with Gasteiger partial charge in [0.2, 0.25) is 0 Å². The van der Waals surface area contributed by atoms with Crippen LogP contribution in [0.15, 0.2) is 48.1 Å². The number of hydrogen-bond acceptors (Lipinski definition) is 6. The summed E-state index contributed by atoms with van der Waals surface area (Å²) in [7, 11) is 1.66. The van der Waals surface area contributed by atoms with Crippen molar-refractivity contribution >= 4 is 11.3 Å². The summed E-state index contributed by atoms with van der Waals surface area (Å²) in [6, 6.07) is 10.1. The van der Waals surface area contributed by atoms with Crippen LogP contribution in [-0.2, 0) is 13.2 Å². The zero-order valence-corrected chi connectivity index (χ0v) is 16.0. The Bertz CT molecular complexity index is 836. The van der Waals surface area contributed by atoms with E-state index in [0.29, 0.717) is 6.61 Å². The molecule has 1 aromatic carbocycles. The Kier molecular flexibility index (Phi) is 6.20. The van der Waals surface area contributed by atoms with Gasteiger partial charge in [-0.15, -0.1) is 11.3 Å². The molecule has 3 rings (SSSR count). The molecule has 2 aromatic heterocycles. The number of nitrogens with zero attached hydrogens (tertiary/aromatic N) is 2. The first-order valence-corrected chi connectivity index (χ1v) is 9.37. The highest BCUT2D eigenvalue weighted by Crippen LogP contribution is 2.31. The van der Waals surface area contributed by atoms with E-state index in [2.05, 4.69) is 33.7 Å². The first-order chi connectivity index (χ1) is 12.7. The molecule has 3 aromatic rings. The van der Waals surface area contributed by atoms with Crippen molar-refractivity contribution in [3.05, 3.63) is 69.9 Å². The lowest BCUT2D eigenvalue weighted by Gasteiger charge is -2.17. The number of nitrogens with one attached hydrogen (secondary N) is 1. The Morgan fingerprint density at radius 1 is 1.15 bits per heavy atom. The predicted octanol–water partition coefficient (Wildman–Crippen LogP) is 4.28. The summed E-state index contributed by atoms with van der Waals surface area (Å²) in [6.45, 7) is 5.38. The zero-order chi connectivity index (χ0) is 18.4. The Morgan fingerprint density at radius 3 is 2.65 bits per heavy atom. The number of benzene rings is 1. The van der Waals surface area contributed by atoms with E-state index in [1.54, 1.807) is 30.8 Å². The van der Waals surface area contributed by atoms with Gasteiger partial charge < -0.3 is 14.8 Å². The van der Waals surface area contributed by atoms with Gasteiger partial charge in [-0.25, -0.2) is 4.98 Å². The lowest BCUT2D eigenvalue weighted by atomic mass is 10.1. The monoisotopic (exact) mass is 369 g/mol. The van der Waals surface area contributed by atoms with Crippen molar-refractivity contribution in [2.45, 2.75) is 33.0 Å². The number of aromatic nitrogens is 2. The Balaban J connectivity index is 1.63. The molecule has 5 nitrogen and oxygen atoms in total. The standard InChI is InChI=1S/C20H23N3O2S/c1-14(22-11-18-13-26-15(2)23-18)17-4-5-19(20(10-17)24-3)25-12-16-6-8-21-9-7-16/h4-10,13-14,22H,11-12H2,1-3H3. The van der Waals surface area contributed by atoms with Gasteiger partial charge in [0.15, 0.2) is 11.5 Å². The van der Waals surface area contributed by atoms with Crippen molar-refractivity contribution in [1.29, 1.82) is 0 Å². The third kappa shape index (κ3) is 4.80. The smallest absolute Gasteiger partial charge is 0.161 e. The number of thiazole rings is 1. The number of rotatable bonds is 8. The van der Waals surface area contributed by atoms with E-state index in [-0.39, 0.29) is 6.04 Å². The Morgan fingerprint density at radius 2 is 1.96 bits per heavy atom. The number of methoxy groups -OCH3 is 1. The third-order valence-electron chi connectivity index (χ3n) is 4.09. The fourth-order valence-corrected chi connectivity index (χ4v) is 3.19. The molecule has 0 saturated heterocycles. The third-order valence-corrected chi connectivity index (χ3v) is 4.91. The molecule has 0 spiro atoms. The van der Waals surface area contributed by atoms with Crippen LogP contribution in [0.1, 0.15) is 34.8 Å². The number of aryl methyl sites for hydroxylation is 1. The van der Waals surface area contributed by atoms with E-state index in [1.807, 2.05) is 31.2 Å². The average molecular weight is 369 g/mol. The minimum absolute atomic E-state index is 0.181. The Hall–Kier alpha value is -2.44. The van der Waals surface area contributed by atoms with Crippen molar-refractivity contribution in [1.82, 2.24) is 15.3 Å². The van der Waals surface area contributed by atoms with Crippen LogP contribution >= 0.6 is 11.3 Å². The van der Waals surface area contributed by atoms with Gasteiger partial charge in [0.1, 0.15) is 6.61 Å². The van der Waals surface area contributed by atoms with E-state index in [1.165, 1.54) is 0 Å². The maximum absolute atomic E-state index is 5.90. The SMILES string of the molecule is COc1cc(C(C)NCc2csc(C)n2)ccc1OCc1ccncc1. The molecule has 26 heavy (non-hydrogen) atoms. The van der Waals surface area contributed by atoms with Gasteiger partial charge in [0.05, 0.1) is 17.8 Å². The average Bonchev–Trinajstić information content (AvgIpc) is 3.10. The largest absolute Gasteiger partial charge is 0.493 e. The van der Waals surface area contributed by atoms with Crippen LogP contribution in [0.4, 0.5) is 0 Å². The molecule has 0 bridgehead atoms. The molecular weight excluding hydrogens is 346 g/mol. The number of pyridine rings is 1. The molecule has 1 atom stereocenters.